The number of nitrogens with zero attached hydrogens (tertiary/aromatic N) is 3. The fourth-order valence-electron chi connectivity index (χ4n) is 3.20. The maximum absolute atomic E-state index is 12.2. The molecule has 1 amide bonds. The van der Waals surface area contributed by atoms with Crippen LogP contribution in [-0.4, -0.2) is 38.9 Å². The van der Waals surface area contributed by atoms with Crippen molar-refractivity contribution in [3.8, 4) is 0 Å². The minimum atomic E-state index is -0.102. The molecule has 6 nitrogen and oxygen atoms in total. The van der Waals surface area contributed by atoms with Crippen LogP contribution >= 0.6 is 0 Å². The molecule has 19 heavy (non-hydrogen) atoms. The molecule has 3 atom stereocenters. The minimum Gasteiger partial charge on any atom is -0.346 e. The quantitative estimate of drug-likeness (QED) is 0.807. The molecular formula is C13H15N5O. The van der Waals surface area contributed by atoms with E-state index in [1.165, 1.54) is 6.42 Å². The predicted molar refractivity (Wildman–Crippen MR) is 68.8 cm³/mol. The number of rotatable bonds is 2. The Bertz CT molecular complexity index is 637. The summed E-state index contributed by atoms with van der Waals surface area (Å²) in [5, 5.41) is 6.52. The Kier molecular flexibility index (Phi) is 2.32. The summed E-state index contributed by atoms with van der Waals surface area (Å²) in [6.45, 7) is 1.09. The number of aromatic nitrogens is 3. The SMILES string of the molecule is O=C(N[C@H]1C[C@H]2CN[C@@H]1C2)c1cn2cncc2cn1. The Labute approximate surface area is 110 Å². The van der Waals surface area contributed by atoms with Crippen LogP contribution < -0.4 is 10.6 Å². The number of carbonyl (C=O) groups excluding carboxylic acids is 1. The van der Waals surface area contributed by atoms with Crippen LogP contribution in [0.5, 0.6) is 0 Å². The first-order valence-electron chi connectivity index (χ1n) is 6.61. The Hall–Kier alpha value is -1.95. The molecule has 0 aromatic carbocycles. The highest BCUT2D eigenvalue weighted by molar-refractivity contribution is 5.92. The molecular weight excluding hydrogens is 242 g/mol. The molecule has 1 saturated heterocycles. The molecule has 0 spiro atoms. The van der Waals surface area contributed by atoms with E-state index in [0.717, 1.165) is 24.4 Å². The third kappa shape index (κ3) is 1.79. The Morgan fingerprint density at radius 2 is 2.37 bits per heavy atom. The van der Waals surface area contributed by atoms with Crippen molar-refractivity contribution < 1.29 is 4.79 Å². The Balaban J connectivity index is 1.53. The summed E-state index contributed by atoms with van der Waals surface area (Å²) >= 11 is 0. The molecule has 2 aliphatic rings. The van der Waals surface area contributed by atoms with Gasteiger partial charge in [-0.25, -0.2) is 9.97 Å². The zero-order chi connectivity index (χ0) is 12.8. The molecule has 1 aliphatic carbocycles. The van der Waals surface area contributed by atoms with E-state index in [1.54, 1.807) is 29.3 Å². The van der Waals surface area contributed by atoms with Crippen molar-refractivity contribution in [1.82, 2.24) is 25.0 Å². The second-order valence-electron chi connectivity index (χ2n) is 5.43. The summed E-state index contributed by atoms with van der Waals surface area (Å²) in [6, 6.07) is 0.678. The fourth-order valence-corrected chi connectivity index (χ4v) is 3.20. The highest BCUT2D eigenvalue weighted by atomic mass is 16.2. The zero-order valence-corrected chi connectivity index (χ0v) is 10.4. The van der Waals surface area contributed by atoms with Gasteiger partial charge in [0.15, 0.2) is 0 Å². The van der Waals surface area contributed by atoms with Crippen LogP contribution in [0, 0.1) is 5.92 Å². The van der Waals surface area contributed by atoms with E-state index in [-0.39, 0.29) is 11.9 Å². The summed E-state index contributed by atoms with van der Waals surface area (Å²) in [6.07, 6.45) is 9.04. The zero-order valence-electron chi connectivity index (χ0n) is 10.4. The van der Waals surface area contributed by atoms with E-state index in [2.05, 4.69) is 20.6 Å². The van der Waals surface area contributed by atoms with E-state index in [1.807, 2.05) is 0 Å². The number of nitrogens with one attached hydrogen (secondary N) is 2. The number of carbonyl (C=O) groups is 1. The fraction of sp³-hybridized carbons (Fsp3) is 0.462. The maximum Gasteiger partial charge on any atom is 0.271 e. The number of amides is 1. The van der Waals surface area contributed by atoms with E-state index in [0.29, 0.717) is 11.7 Å². The number of fused-ring (bicyclic) bond motifs is 3. The summed E-state index contributed by atoms with van der Waals surface area (Å²) in [5.41, 5.74) is 1.33. The van der Waals surface area contributed by atoms with Gasteiger partial charge in [0.2, 0.25) is 0 Å². The van der Waals surface area contributed by atoms with Gasteiger partial charge in [0.05, 0.1) is 24.2 Å². The first kappa shape index (κ1) is 10.9. The molecule has 6 heteroatoms. The third-order valence-corrected chi connectivity index (χ3v) is 4.17. The monoisotopic (exact) mass is 257 g/mol. The minimum absolute atomic E-state index is 0.102. The first-order chi connectivity index (χ1) is 9.29. The van der Waals surface area contributed by atoms with Gasteiger partial charge in [-0.3, -0.25) is 4.79 Å². The van der Waals surface area contributed by atoms with Crippen LogP contribution in [0.4, 0.5) is 0 Å². The molecule has 2 aromatic heterocycles. The van der Waals surface area contributed by atoms with Crippen molar-refractivity contribution in [1.29, 1.82) is 0 Å². The second-order valence-corrected chi connectivity index (χ2v) is 5.43. The lowest BCUT2D eigenvalue weighted by atomic mass is 10.1. The highest BCUT2D eigenvalue weighted by Crippen LogP contribution is 2.31. The lowest BCUT2D eigenvalue weighted by Crippen LogP contribution is -2.48. The molecule has 98 valence electrons. The summed E-state index contributed by atoms with van der Waals surface area (Å²) < 4.78 is 1.81. The lowest BCUT2D eigenvalue weighted by Gasteiger charge is -2.23. The molecule has 3 heterocycles. The van der Waals surface area contributed by atoms with Crippen molar-refractivity contribution in [3.63, 3.8) is 0 Å². The molecule has 4 rings (SSSR count). The van der Waals surface area contributed by atoms with Crippen molar-refractivity contribution in [2.45, 2.75) is 24.9 Å². The second kappa shape index (κ2) is 4.03. The molecule has 2 N–H and O–H groups in total. The van der Waals surface area contributed by atoms with Gasteiger partial charge in [-0.05, 0) is 25.3 Å². The number of hydrogen-bond donors (Lipinski definition) is 2. The molecule has 2 bridgehead atoms. The number of hydrogen-bond acceptors (Lipinski definition) is 4. The first-order valence-corrected chi connectivity index (χ1v) is 6.61. The molecule has 0 radical (unpaired) electrons. The normalized spacial score (nSPS) is 28.9. The van der Waals surface area contributed by atoms with Crippen LogP contribution in [0.1, 0.15) is 23.3 Å². The van der Waals surface area contributed by atoms with Crippen molar-refractivity contribution in [2.24, 2.45) is 5.92 Å². The van der Waals surface area contributed by atoms with Gasteiger partial charge in [-0.2, -0.15) is 0 Å². The van der Waals surface area contributed by atoms with Gasteiger partial charge < -0.3 is 15.0 Å². The summed E-state index contributed by atoms with van der Waals surface area (Å²) in [7, 11) is 0. The van der Waals surface area contributed by atoms with E-state index < -0.39 is 0 Å². The standard InChI is InChI=1S/C13H15N5O/c19-13(17-11-2-8-1-10(11)15-3-8)12-6-18-7-14-4-9(18)5-16-12/h4-8,10-11,15H,1-3H2,(H,17,19)/t8-,10+,11-/m0/s1. The topological polar surface area (TPSA) is 71.3 Å². The van der Waals surface area contributed by atoms with Crippen LogP contribution in [0.15, 0.2) is 24.9 Å². The highest BCUT2D eigenvalue weighted by Gasteiger charge is 2.40. The van der Waals surface area contributed by atoms with Crippen LogP contribution in [0.25, 0.3) is 5.52 Å². The van der Waals surface area contributed by atoms with Crippen LogP contribution in [0.2, 0.25) is 0 Å². The smallest absolute Gasteiger partial charge is 0.271 e. The van der Waals surface area contributed by atoms with E-state index >= 15 is 0 Å². The number of piperidine rings is 1. The van der Waals surface area contributed by atoms with Crippen LogP contribution in [0.3, 0.4) is 0 Å². The largest absolute Gasteiger partial charge is 0.346 e. The van der Waals surface area contributed by atoms with Gasteiger partial charge in [-0.15, -0.1) is 0 Å². The average Bonchev–Trinajstić information content (AvgIpc) is 3.13. The third-order valence-electron chi connectivity index (χ3n) is 4.17. The van der Waals surface area contributed by atoms with Gasteiger partial charge in [0.1, 0.15) is 5.69 Å². The summed E-state index contributed by atoms with van der Waals surface area (Å²) in [4.78, 5) is 20.4. The van der Waals surface area contributed by atoms with E-state index in [4.69, 9.17) is 0 Å². The van der Waals surface area contributed by atoms with Gasteiger partial charge in [0, 0.05) is 18.3 Å². The molecule has 2 aromatic rings. The van der Waals surface area contributed by atoms with E-state index in [9.17, 15) is 4.79 Å². The van der Waals surface area contributed by atoms with Gasteiger partial charge in [-0.1, -0.05) is 0 Å². The summed E-state index contributed by atoms with van der Waals surface area (Å²) in [5.74, 6) is 0.620. The average molecular weight is 257 g/mol. The molecule has 2 fully saturated rings. The molecule has 0 unspecified atom stereocenters. The molecule has 1 aliphatic heterocycles. The Morgan fingerprint density at radius 1 is 1.42 bits per heavy atom. The van der Waals surface area contributed by atoms with Crippen LogP contribution in [-0.2, 0) is 0 Å². The van der Waals surface area contributed by atoms with Gasteiger partial charge in [0.25, 0.3) is 5.91 Å². The number of imidazole rings is 1. The van der Waals surface area contributed by atoms with Crippen molar-refractivity contribution >= 4 is 11.4 Å². The van der Waals surface area contributed by atoms with Crippen molar-refractivity contribution in [3.05, 3.63) is 30.6 Å². The van der Waals surface area contributed by atoms with Gasteiger partial charge >= 0.3 is 0 Å². The lowest BCUT2D eigenvalue weighted by molar-refractivity contribution is 0.0923. The Morgan fingerprint density at radius 3 is 3.16 bits per heavy atom. The predicted octanol–water partition coefficient (Wildman–Crippen LogP) is 0.209. The molecule has 1 saturated carbocycles. The maximum atomic E-state index is 12.2. The van der Waals surface area contributed by atoms with Crippen molar-refractivity contribution in [2.75, 3.05) is 6.54 Å².